The lowest BCUT2D eigenvalue weighted by Crippen LogP contribution is -2.14. The van der Waals surface area contributed by atoms with Gasteiger partial charge in [-0.1, -0.05) is 12.1 Å². The number of nitrogens with one attached hydrogen (secondary N) is 1. The van der Waals surface area contributed by atoms with Crippen LogP contribution in [0.5, 0.6) is 5.75 Å². The number of hydrogen-bond donors (Lipinski definition) is 2. The van der Waals surface area contributed by atoms with Crippen LogP contribution in [-0.4, -0.2) is 15.5 Å². The molecule has 0 spiro atoms. The van der Waals surface area contributed by atoms with Gasteiger partial charge in [-0.15, -0.1) is 0 Å². The third kappa shape index (κ3) is 3.05. The van der Waals surface area contributed by atoms with E-state index in [1.165, 1.54) is 19.2 Å². The lowest BCUT2D eigenvalue weighted by molar-refractivity contribution is 0.412. The van der Waals surface area contributed by atoms with Crippen LogP contribution in [0.4, 0.5) is 11.4 Å². The molecule has 7 heteroatoms. The Morgan fingerprint density at radius 1 is 1.20 bits per heavy atom. The Bertz CT molecular complexity index is 732. The molecule has 0 amide bonds. The number of hydrogen-bond acceptors (Lipinski definition) is 4. The normalized spacial score (nSPS) is 11.1. The third-order valence-electron chi connectivity index (χ3n) is 2.61. The second kappa shape index (κ2) is 5.72. The standard InChI is InChI=1S/C13H13BrN2O3S/c1-19-12-8-9(6-7-10(12)14)16-20(17,18)13-5-3-2-4-11(13)15/h2-8,16H,15H2,1H3. The van der Waals surface area contributed by atoms with Gasteiger partial charge < -0.3 is 10.5 Å². The van der Waals surface area contributed by atoms with Crippen LogP contribution in [-0.2, 0) is 10.0 Å². The van der Waals surface area contributed by atoms with E-state index in [9.17, 15) is 8.42 Å². The number of methoxy groups -OCH3 is 1. The van der Waals surface area contributed by atoms with Crippen LogP contribution in [0.15, 0.2) is 51.8 Å². The van der Waals surface area contributed by atoms with Crippen molar-refractivity contribution in [2.45, 2.75) is 4.90 Å². The van der Waals surface area contributed by atoms with Crippen molar-refractivity contribution >= 4 is 37.3 Å². The lowest BCUT2D eigenvalue weighted by atomic mass is 10.3. The number of halogens is 1. The van der Waals surface area contributed by atoms with Gasteiger partial charge in [-0.25, -0.2) is 8.42 Å². The first kappa shape index (κ1) is 14.7. The monoisotopic (exact) mass is 356 g/mol. The maximum atomic E-state index is 12.3. The van der Waals surface area contributed by atoms with Gasteiger partial charge in [0.2, 0.25) is 0 Å². The van der Waals surface area contributed by atoms with Gasteiger partial charge in [-0.05, 0) is 40.2 Å². The number of benzene rings is 2. The largest absolute Gasteiger partial charge is 0.495 e. The fraction of sp³-hybridized carbons (Fsp3) is 0.0769. The van der Waals surface area contributed by atoms with Gasteiger partial charge in [0.15, 0.2) is 0 Å². The summed E-state index contributed by atoms with van der Waals surface area (Å²) in [6, 6.07) is 11.2. The van der Waals surface area contributed by atoms with Crippen LogP contribution < -0.4 is 15.2 Å². The summed E-state index contributed by atoms with van der Waals surface area (Å²) in [6.45, 7) is 0. The predicted molar refractivity (Wildman–Crippen MR) is 82.4 cm³/mol. The molecule has 0 fully saturated rings. The van der Waals surface area contributed by atoms with Crippen molar-refractivity contribution in [3.8, 4) is 5.75 Å². The minimum atomic E-state index is -3.73. The number of nitrogens with two attached hydrogens (primary N) is 1. The minimum Gasteiger partial charge on any atom is -0.495 e. The fourth-order valence-corrected chi connectivity index (χ4v) is 3.25. The summed E-state index contributed by atoms with van der Waals surface area (Å²) in [6.07, 6.45) is 0. The van der Waals surface area contributed by atoms with Crippen molar-refractivity contribution in [3.05, 3.63) is 46.9 Å². The molecule has 0 aliphatic carbocycles. The zero-order chi connectivity index (χ0) is 14.8. The summed E-state index contributed by atoms with van der Waals surface area (Å²) in [4.78, 5) is 0.0434. The zero-order valence-corrected chi connectivity index (χ0v) is 13.0. The highest BCUT2D eigenvalue weighted by Gasteiger charge is 2.17. The number of ether oxygens (including phenoxy) is 1. The summed E-state index contributed by atoms with van der Waals surface area (Å²) in [5.74, 6) is 0.534. The Labute approximate surface area is 125 Å². The summed E-state index contributed by atoms with van der Waals surface area (Å²) in [5, 5.41) is 0. The van der Waals surface area contributed by atoms with Gasteiger partial charge in [-0.3, -0.25) is 4.72 Å². The molecule has 0 saturated heterocycles. The van der Waals surface area contributed by atoms with Gasteiger partial charge in [0, 0.05) is 6.07 Å². The minimum absolute atomic E-state index is 0.0434. The Morgan fingerprint density at radius 2 is 1.90 bits per heavy atom. The first-order valence-electron chi connectivity index (χ1n) is 5.65. The van der Waals surface area contributed by atoms with Crippen LogP contribution >= 0.6 is 15.9 Å². The molecular formula is C13H13BrN2O3S. The van der Waals surface area contributed by atoms with E-state index in [1.807, 2.05) is 0 Å². The highest BCUT2D eigenvalue weighted by atomic mass is 79.9. The van der Waals surface area contributed by atoms with E-state index in [4.69, 9.17) is 10.5 Å². The number of anilines is 2. The zero-order valence-electron chi connectivity index (χ0n) is 10.6. The van der Waals surface area contributed by atoms with Crippen LogP contribution in [0.2, 0.25) is 0 Å². The van der Waals surface area contributed by atoms with Gasteiger partial charge in [0.1, 0.15) is 10.6 Å². The van der Waals surface area contributed by atoms with Gasteiger partial charge in [0.25, 0.3) is 10.0 Å². The summed E-state index contributed by atoms with van der Waals surface area (Å²) < 4.78 is 32.9. The molecule has 0 saturated carbocycles. The molecule has 5 nitrogen and oxygen atoms in total. The molecule has 2 aromatic carbocycles. The van der Waals surface area contributed by atoms with Gasteiger partial charge in [-0.2, -0.15) is 0 Å². The lowest BCUT2D eigenvalue weighted by Gasteiger charge is -2.11. The number of rotatable bonds is 4. The second-order valence-electron chi connectivity index (χ2n) is 3.99. The Hall–Kier alpha value is -1.73. The molecule has 0 bridgehead atoms. The third-order valence-corrected chi connectivity index (χ3v) is 4.72. The first-order valence-corrected chi connectivity index (χ1v) is 7.92. The Balaban J connectivity index is 2.36. The van der Waals surface area contributed by atoms with E-state index >= 15 is 0 Å². The molecule has 0 aliphatic rings. The van der Waals surface area contributed by atoms with Gasteiger partial charge in [0.05, 0.1) is 23.0 Å². The molecule has 0 aromatic heterocycles. The smallest absolute Gasteiger partial charge is 0.263 e. The van der Waals surface area contributed by atoms with Crippen LogP contribution in [0.25, 0.3) is 0 Å². The maximum Gasteiger partial charge on any atom is 0.263 e. The highest BCUT2D eigenvalue weighted by Crippen LogP contribution is 2.29. The van der Waals surface area contributed by atoms with Crippen LogP contribution in [0, 0.1) is 0 Å². The highest BCUT2D eigenvalue weighted by molar-refractivity contribution is 9.10. The number of nitrogen functional groups attached to an aromatic ring is 1. The topological polar surface area (TPSA) is 81.4 Å². The molecule has 0 radical (unpaired) electrons. The molecule has 0 unspecified atom stereocenters. The van der Waals surface area contributed by atoms with Crippen molar-refractivity contribution in [1.29, 1.82) is 0 Å². The molecule has 2 aromatic rings. The van der Waals surface area contributed by atoms with E-state index < -0.39 is 10.0 Å². The van der Waals surface area contributed by atoms with Gasteiger partial charge >= 0.3 is 0 Å². The molecule has 106 valence electrons. The first-order chi connectivity index (χ1) is 9.44. The van der Waals surface area contributed by atoms with Crippen LogP contribution in [0.3, 0.4) is 0 Å². The fourth-order valence-electron chi connectivity index (χ4n) is 1.66. The molecule has 0 atom stereocenters. The second-order valence-corrected chi connectivity index (χ2v) is 6.50. The average Bonchev–Trinajstić information content (AvgIpc) is 2.41. The van der Waals surface area contributed by atoms with E-state index in [-0.39, 0.29) is 10.6 Å². The van der Waals surface area contributed by atoms with Crippen molar-refractivity contribution in [2.24, 2.45) is 0 Å². The summed E-state index contributed by atoms with van der Waals surface area (Å²) >= 11 is 3.30. The van der Waals surface area contributed by atoms with Crippen LogP contribution in [0.1, 0.15) is 0 Å². The van der Waals surface area contributed by atoms with Crippen molar-refractivity contribution < 1.29 is 13.2 Å². The molecule has 20 heavy (non-hydrogen) atoms. The van der Waals surface area contributed by atoms with E-state index in [0.29, 0.717) is 11.4 Å². The van der Waals surface area contributed by atoms with E-state index in [1.54, 1.807) is 30.3 Å². The molecule has 3 N–H and O–H groups in total. The predicted octanol–water partition coefficient (Wildman–Crippen LogP) is 2.84. The van der Waals surface area contributed by atoms with Crippen molar-refractivity contribution in [3.63, 3.8) is 0 Å². The molecule has 2 rings (SSSR count). The molecule has 0 aliphatic heterocycles. The van der Waals surface area contributed by atoms with Crippen molar-refractivity contribution in [2.75, 3.05) is 17.6 Å². The Kier molecular flexibility index (Phi) is 4.20. The quantitative estimate of drug-likeness (QED) is 0.825. The molecule has 0 heterocycles. The average molecular weight is 357 g/mol. The number of para-hydroxylation sites is 1. The summed E-state index contributed by atoms with van der Waals surface area (Å²) in [5.41, 5.74) is 6.28. The van der Waals surface area contributed by atoms with Crippen molar-refractivity contribution in [1.82, 2.24) is 0 Å². The molecular weight excluding hydrogens is 344 g/mol. The van der Waals surface area contributed by atoms with E-state index in [0.717, 1.165) is 4.47 Å². The Morgan fingerprint density at radius 3 is 2.55 bits per heavy atom. The number of sulfonamides is 1. The van der Waals surface area contributed by atoms with E-state index in [2.05, 4.69) is 20.7 Å². The SMILES string of the molecule is COc1cc(NS(=O)(=O)c2ccccc2N)ccc1Br. The maximum absolute atomic E-state index is 12.3. The summed E-state index contributed by atoms with van der Waals surface area (Å²) in [7, 11) is -2.22.